The molecule has 1 fully saturated rings. The summed E-state index contributed by atoms with van der Waals surface area (Å²) < 4.78 is 13.2. The molecule has 0 amide bonds. The zero-order chi connectivity index (χ0) is 13.1. The summed E-state index contributed by atoms with van der Waals surface area (Å²) in [5.41, 5.74) is 0.805. The van der Waals surface area contributed by atoms with Crippen molar-refractivity contribution >= 4 is 34.6 Å². The van der Waals surface area contributed by atoms with Crippen molar-refractivity contribution in [2.24, 2.45) is 0 Å². The van der Waals surface area contributed by atoms with E-state index < -0.39 is 5.82 Å². The minimum atomic E-state index is -0.415. The fourth-order valence-corrected chi connectivity index (χ4v) is 2.31. The number of nitrogens with one attached hydrogen (secondary N) is 1. The van der Waals surface area contributed by atoms with Crippen LogP contribution in [0.1, 0.15) is 13.3 Å². The average molecular weight is 288 g/mol. The lowest BCUT2D eigenvalue weighted by Crippen LogP contribution is -2.56. The van der Waals surface area contributed by atoms with Gasteiger partial charge in [0, 0.05) is 12.2 Å². The molecule has 0 bridgehead atoms. The first-order valence-electron chi connectivity index (χ1n) is 5.84. The summed E-state index contributed by atoms with van der Waals surface area (Å²) in [7, 11) is 0. The third-order valence-corrected chi connectivity index (χ3v) is 3.45. The number of thiocarbonyl (C=S) groups is 1. The molecule has 0 radical (unpaired) electrons. The van der Waals surface area contributed by atoms with E-state index in [1.54, 1.807) is 12.1 Å². The molecule has 18 heavy (non-hydrogen) atoms. The zero-order valence-electron chi connectivity index (χ0n) is 10.1. The van der Waals surface area contributed by atoms with Crippen LogP contribution in [0, 0.1) is 5.82 Å². The highest BCUT2D eigenvalue weighted by Gasteiger charge is 2.21. The maximum Gasteiger partial charge on any atom is 0.175 e. The largest absolute Gasteiger partial charge is 0.349 e. The molecule has 6 heteroatoms. The lowest BCUT2D eigenvalue weighted by atomic mass is 10.3. The van der Waals surface area contributed by atoms with Crippen molar-refractivity contribution in [2.75, 3.05) is 24.8 Å². The van der Waals surface area contributed by atoms with Gasteiger partial charge in [-0.2, -0.15) is 0 Å². The van der Waals surface area contributed by atoms with Crippen molar-refractivity contribution in [1.29, 1.82) is 0 Å². The van der Waals surface area contributed by atoms with Gasteiger partial charge in [0.25, 0.3) is 0 Å². The van der Waals surface area contributed by atoms with Gasteiger partial charge in [0.15, 0.2) is 5.11 Å². The molecule has 0 spiro atoms. The smallest absolute Gasteiger partial charge is 0.175 e. The molecule has 2 rings (SSSR count). The Hall–Kier alpha value is -0.910. The van der Waals surface area contributed by atoms with Crippen molar-refractivity contribution in [3.05, 3.63) is 29.0 Å². The summed E-state index contributed by atoms with van der Waals surface area (Å²) in [4.78, 5) is 4.15. The summed E-state index contributed by atoms with van der Waals surface area (Å²) in [5.74, 6) is -0.415. The standard InChI is InChI=1S/C12H15ClFN3S/c1-2-5-16-7-15-12(18)17(8-16)9-3-4-11(14)10(13)6-9/h3-4,6H,2,5,7-8H2,1H3,(H,15,18). The molecule has 1 aromatic rings. The van der Waals surface area contributed by atoms with Crippen molar-refractivity contribution in [3.63, 3.8) is 0 Å². The normalized spacial score (nSPS) is 16.8. The number of benzene rings is 1. The van der Waals surface area contributed by atoms with E-state index in [0.717, 1.165) is 25.3 Å². The highest BCUT2D eigenvalue weighted by Crippen LogP contribution is 2.23. The average Bonchev–Trinajstić information content (AvgIpc) is 2.35. The minimum Gasteiger partial charge on any atom is -0.349 e. The molecule has 1 aromatic carbocycles. The fraction of sp³-hybridized carbons (Fsp3) is 0.417. The summed E-state index contributed by atoms with van der Waals surface area (Å²) >= 11 is 11.1. The molecule has 1 heterocycles. The zero-order valence-corrected chi connectivity index (χ0v) is 11.7. The Morgan fingerprint density at radius 3 is 2.94 bits per heavy atom. The lowest BCUT2D eigenvalue weighted by molar-refractivity contribution is 0.261. The highest BCUT2D eigenvalue weighted by molar-refractivity contribution is 7.80. The van der Waals surface area contributed by atoms with Gasteiger partial charge in [-0.1, -0.05) is 18.5 Å². The first-order chi connectivity index (χ1) is 8.61. The Bertz CT molecular complexity index is 455. The minimum absolute atomic E-state index is 0.114. The van der Waals surface area contributed by atoms with Crippen LogP contribution in [0.4, 0.5) is 10.1 Å². The Kier molecular flexibility index (Phi) is 4.37. The van der Waals surface area contributed by atoms with Crippen LogP contribution in [0.2, 0.25) is 5.02 Å². The fourth-order valence-electron chi connectivity index (χ4n) is 1.91. The Labute approximate surface area is 117 Å². The molecule has 1 aliphatic heterocycles. The van der Waals surface area contributed by atoms with E-state index in [1.807, 2.05) is 4.90 Å². The lowest BCUT2D eigenvalue weighted by Gasteiger charge is -2.37. The second kappa shape index (κ2) is 5.82. The molecule has 0 unspecified atom stereocenters. The number of nitrogens with zero attached hydrogens (tertiary/aromatic N) is 2. The van der Waals surface area contributed by atoms with E-state index in [2.05, 4.69) is 17.1 Å². The quantitative estimate of drug-likeness (QED) is 0.862. The predicted octanol–water partition coefficient (Wildman–Crippen LogP) is 2.80. The Balaban J connectivity index is 2.18. The van der Waals surface area contributed by atoms with E-state index >= 15 is 0 Å². The van der Waals surface area contributed by atoms with Gasteiger partial charge in [-0.05, 0) is 36.8 Å². The Morgan fingerprint density at radius 2 is 2.28 bits per heavy atom. The van der Waals surface area contributed by atoms with Crippen LogP contribution in [0.15, 0.2) is 18.2 Å². The number of anilines is 1. The van der Waals surface area contributed by atoms with Crippen LogP contribution in [0.5, 0.6) is 0 Å². The van der Waals surface area contributed by atoms with Crippen LogP contribution in [0.3, 0.4) is 0 Å². The first-order valence-corrected chi connectivity index (χ1v) is 6.63. The van der Waals surface area contributed by atoms with Crippen LogP contribution in [-0.2, 0) is 0 Å². The second-order valence-electron chi connectivity index (χ2n) is 4.20. The maximum absolute atomic E-state index is 13.2. The van der Waals surface area contributed by atoms with E-state index in [-0.39, 0.29) is 5.02 Å². The maximum atomic E-state index is 13.2. The van der Waals surface area contributed by atoms with E-state index in [9.17, 15) is 4.39 Å². The van der Waals surface area contributed by atoms with Crippen molar-refractivity contribution < 1.29 is 4.39 Å². The molecule has 0 aliphatic carbocycles. The molecule has 1 saturated heterocycles. The molecule has 1 N–H and O–H groups in total. The van der Waals surface area contributed by atoms with Gasteiger partial charge in [-0.15, -0.1) is 0 Å². The number of hydrogen-bond acceptors (Lipinski definition) is 2. The molecular formula is C12H15ClFN3S. The molecule has 3 nitrogen and oxygen atoms in total. The Morgan fingerprint density at radius 1 is 1.50 bits per heavy atom. The van der Waals surface area contributed by atoms with Crippen LogP contribution < -0.4 is 10.2 Å². The summed E-state index contributed by atoms with van der Waals surface area (Å²) in [5, 5.41) is 3.90. The van der Waals surface area contributed by atoms with Gasteiger partial charge in [-0.3, -0.25) is 4.90 Å². The topological polar surface area (TPSA) is 18.5 Å². The molecule has 98 valence electrons. The molecular weight excluding hydrogens is 273 g/mol. The predicted molar refractivity (Wildman–Crippen MR) is 76.4 cm³/mol. The van der Waals surface area contributed by atoms with Crippen molar-refractivity contribution in [3.8, 4) is 0 Å². The summed E-state index contributed by atoms with van der Waals surface area (Å²) in [6, 6.07) is 4.64. The van der Waals surface area contributed by atoms with Gasteiger partial charge in [0.1, 0.15) is 5.82 Å². The van der Waals surface area contributed by atoms with Gasteiger partial charge in [0.2, 0.25) is 0 Å². The van der Waals surface area contributed by atoms with E-state index in [1.165, 1.54) is 6.07 Å². The van der Waals surface area contributed by atoms with Crippen LogP contribution >= 0.6 is 23.8 Å². The second-order valence-corrected chi connectivity index (χ2v) is 5.00. The number of hydrogen-bond donors (Lipinski definition) is 1. The highest BCUT2D eigenvalue weighted by atomic mass is 35.5. The van der Waals surface area contributed by atoms with Crippen LogP contribution in [-0.4, -0.2) is 29.9 Å². The summed E-state index contributed by atoms with van der Waals surface area (Å²) in [6.07, 6.45) is 1.08. The van der Waals surface area contributed by atoms with Gasteiger partial charge in [-0.25, -0.2) is 4.39 Å². The summed E-state index contributed by atoms with van der Waals surface area (Å²) in [6.45, 7) is 4.56. The molecule has 0 aromatic heterocycles. The van der Waals surface area contributed by atoms with E-state index in [0.29, 0.717) is 11.8 Å². The first kappa shape index (κ1) is 13.5. The number of rotatable bonds is 3. The monoisotopic (exact) mass is 287 g/mol. The molecule has 1 aliphatic rings. The molecule has 0 atom stereocenters. The van der Waals surface area contributed by atoms with Gasteiger partial charge >= 0.3 is 0 Å². The third kappa shape index (κ3) is 2.91. The van der Waals surface area contributed by atoms with E-state index in [4.69, 9.17) is 23.8 Å². The van der Waals surface area contributed by atoms with Gasteiger partial charge < -0.3 is 10.2 Å². The van der Waals surface area contributed by atoms with Gasteiger partial charge in [0.05, 0.1) is 18.4 Å². The van der Waals surface area contributed by atoms with Crippen molar-refractivity contribution in [2.45, 2.75) is 13.3 Å². The molecule has 0 saturated carbocycles. The van der Waals surface area contributed by atoms with Crippen molar-refractivity contribution in [1.82, 2.24) is 10.2 Å². The van der Waals surface area contributed by atoms with Crippen LogP contribution in [0.25, 0.3) is 0 Å². The number of halogens is 2. The third-order valence-electron chi connectivity index (χ3n) is 2.80. The SMILES string of the molecule is CCCN1CNC(=S)N(c2ccc(F)c(Cl)c2)C1.